The van der Waals surface area contributed by atoms with Crippen LogP contribution in [0.1, 0.15) is 22.3 Å². The SMILES string of the molecule is COc1cc(C)c(CCNCC#N)c(C)c1C. The molecule has 0 aliphatic carbocycles. The van der Waals surface area contributed by atoms with Crippen LogP contribution >= 0.6 is 0 Å². The molecule has 1 N–H and O–H groups in total. The van der Waals surface area contributed by atoms with E-state index in [1.54, 1.807) is 7.11 Å². The Morgan fingerprint density at radius 3 is 2.59 bits per heavy atom. The van der Waals surface area contributed by atoms with Crippen LogP contribution in [-0.4, -0.2) is 20.2 Å². The first kappa shape index (κ1) is 13.5. The van der Waals surface area contributed by atoms with Gasteiger partial charge in [0.2, 0.25) is 0 Å². The molecule has 0 aromatic heterocycles. The van der Waals surface area contributed by atoms with Gasteiger partial charge in [0.1, 0.15) is 5.75 Å². The highest BCUT2D eigenvalue weighted by Crippen LogP contribution is 2.27. The third-order valence-electron chi connectivity index (χ3n) is 3.18. The van der Waals surface area contributed by atoms with Gasteiger partial charge in [0.25, 0.3) is 0 Å². The summed E-state index contributed by atoms with van der Waals surface area (Å²) in [6.45, 7) is 7.56. The van der Waals surface area contributed by atoms with Gasteiger partial charge in [-0.3, -0.25) is 0 Å². The second-order valence-electron chi connectivity index (χ2n) is 4.21. The number of nitriles is 1. The molecule has 0 spiro atoms. The van der Waals surface area contributed by atoms with Gasteiger partial charge in [-0.1, -0.05) is 0 Å². The summed E-state index contributed by atoms with van der Waals surface area (Å²) in [6, 6.07) is 4.17. The van der Waals surface area contributed by atoms with Gasteiger partial charge in [-0.25, -0.2) is 0 Å². The number of aryl methyl sites for hydroxylation is 1. The highest BCUT2D eigenvalue weighted by molar-refractivity contribution is 5.48. The number of hydrogen-bond donors (Lipinski definition) is 1. The first-order valence-electron chi connectivity index (χ1n) is 5.83. The first-order chi connectivity index (χ1) is 8.11. The lowest BCUT2D eigenvalue weighted by molar-refractivity contribution is 0.410. The van der Waals surface area contributed by atoms with Crippen LogP contribution in [0.25, 0.3) is 0 Å². The minimum atomic E-state index is 0.410. The summed E-state index contributed by atoms with van der Waals surface area (Å²) in [5.41, 5.74) is 5.10. The molecule has 0 heterocycles. The summed E-state index contributed by atoms with van der Waals surface area (Å²) in [5, 5.41) is 11.5. The Hall–Kier alpha value is -1.53. The van der Waals surface area contributed by atoms with Crippen molar-refractivity contribution in [3.8, 4) is 11.8 Å². The van der Waals surface area contributed by atoms with Gasteiger partial charge in [0, 0.05) is 6.54 Å². The van der Waals surface area contributed by atoms with Gasteiger partial charge < -0.3 is 10.1 Å². The van der Waals surface area contributed by atoms with Crippen LogP contribution in [0.15, 0.2) is 6.07 Å². The van der Waals surface area contributed by atoms with Gasteiger partial charge in [-0.05, 0) is 55.5 Å². The molecule has 3 nitrogen and oxygen atoms in total. The average molecular weight is 232 g/mol. The summed E-state index contributed by atoms with van der Waals surface area (Å²) in [4.78, 5) is 0. The molecule has 0 saturated heterocycles. The third-order valence-corrected chi connectivity index (χ3v) is 3.18. The molecule has 17 heavy (non-hydrogen) atoms. The Balaban J connectivity index is 2.86. The average Bonchev–Trinajstić information content (AvgIpc) is 2.32. The maximum Gasteiger partial charge on any atom is 0.122 e. The monoisotopic (exact) mass is 232 g/mol. The second-order valence-corrected chi connectivity index (χ2v) is 4.21. The van der Waals surface area contributed by atoms with Crippen molar-refractivity contribution in [2.24, 2.45) is 0 Å². The normalized spacial score (nSPS) is 10.1. The Bertz CT molecular complexity index is 433. The van der Waals surface area contributed by atoms with Crippen LogP contribution in [0.4, 0.5) is 0 Å². The van der Waals surface area contributed by atoms with E-state index in [0.29, 0.717) is 6.54 Å². The van der Waals surface area contributed by atoms with Crippen LogP contribution < -0.4 is 10.1 Å². The molecule has 0 saturated carbocycles. The zero-order chi connectivity index (χ0) is 12.8. The van der Waals surface area contributed by atoms with Gasteiger partial charge in [0.05, 0.1) is 19.7 Å². The Kier molecular flexibility index (Phi) is 4.99. The van der Waals surface area contributed by atoms with E-state index in [1.807, 2.05) is 0 Å². The maximum absolute atomic E-state index is 8.46. The number of nitrogens with one attached hydrogen (secondary N) is 1. The predicted molar refractivity (Wildman–Crippen MR) is 69.4 cm³/mol. The molecule has 3 heteroatoms. The van der Waals surface area contributed by atoms with Crippen molar-refractivity contribution in [3.63, 3.8) is 0 Å². The fraction of sp³-hybridized carbons (Fsp3) is 0.500. The first-order valence-corrected chi connectivity index (χ1v) is 5.83. The molecule has 0 radical (unpaired) electrons. The maximum atomic E-state index is 8.46. The summed E-state index contributed by atoms with van der Waals surface area (Å²) in [6.07, 6.45) is 0.949. The Morgan fingerprint density at radius 1 is 1.29 bits per heavy atom. The molecule has 0 aliphatic rings. The zero-order valence-electron chi connectivity index (χ0n) is 11.1. The third kappa shape index (κ3) is 3.21. The van der Waals surface area contributed by atoms with Gasteiger partial charge in [-0.2, -0.15) is 5.26 Å². The number of benzene rings is 1. The van der Waals surface area contributed by atoms with Crippen molar-refractivity contribution < 1.29 is 4.74 Å². The molecule has 1 aromatic carbocycles. The summed E-state index contributed by atoms with van der Waals surface area (Å²) >= 11 is 0. The fourth-order valence-corrected chi connectivity index (χ4v) is 2.05. The topological polar surface area (TPSA) is 45.0 Å². The number of nitrogens with zero attached hydrogens (tertiary/aromatic N) is 1. The van der Waals surface area contributed by atoms with Crippen LogP contribution in [0, 0.1) is 32.1 Å². The van der Waals surface area contributed by atoms with E-state index in [1.165, 1.54) is 22.3 Å². The molecule has 1 rings (SSSR count). The lowest BCUT2D eigenvalue weighted by Crippen LogP contribution is -2.18. The van der Waals surface area contributed by atoms with Crippen molar-refractivity contribution in [1.29, 1.82) is 5.26 Å². The van der Waals surface area contributed by atoms with Crippen molar-refractivity contribution in [1.82, 2.24) is 5.32 Å². The fourth-order valence-electron chi connectivity index (χ4n) is 2.05. The molecule has 0 atom stereocenters. The van der Waals surface area contributed by atoms with Crippen molar-refractivity contribution in [2.45, 2.75) is 27.2 Å². The van der Waals surface area contributed by atoms with Crippen LogP contribution in [0.5, 0.6) is 5.75 Å². The molecular formula is C14H20N2O. The number of ether oxygens (including phenoxy) is 1. The van der Waals surface area contributed by atoms with E-state index in [2.05, 4.69) is 38.2 Å². The van der Waals surface area contributed by atoms with Crippen molar-refractivity contribution in [2.75, 3.05) is 20.2 Å². The minimum absolute atomic E-state index is 0.410. The zero-order valence-corrected chi connectivity index (χ0v) is 11.1. The molecule has 0 fully saturated rings. The molecule has 1 aromatic rings. The highest BCUT2D eigenvalue weighted by atomic mass is 16.5. The quantitative estimate of drug-likeness (QED) is 0.625. The molecule has 92 valence electrons. The minimum Gasteiger partial charge on any atom is -0.496 e. The lowest BCUT2D eigenvalue weighted by atomic mass is 9.95. The van der Waals surface area contributed by atoms with Crippen LogP contribution in [0.2, 0.25) is 0 Å². The van der Waals surface area contributed by atoms with Gasteiger partial charge in [-0.15, -0.1) is 0 Å². The Morgan fingerprint density at radius 2 is 2.00 bits per heavy atom. The van der Waals surface area contributed by atoms with E-state index in [4.69, 9.17) is 10.00 Å². The smallest absolute Gasteiger partial charge is 0.122 e. The summed E-state index contributed by atoms with van der Waals surface area (Å²) in [5.74, 6) is 0.953. The number of rotatable bonds is 5. The van der Waals surface area contributed by atoms with E-state index in [0.717, 1.165) is 18.7 Å². The Labute approximate surface area is 103 Å². The summed E-state index contributed by atoms with van der Waals surface area (Å²) in [7, 11) is 1.70. The number of hydrogen-bond acceptors (Lipinski definition) is 3. The molecule has 0 bridgehead atoms. The van der Waals surface area contributed by atoms with E-state index >= 15 is 0 Å². The number of methoxy groups -OCH3 is 1. The van der Waals surface area contributed by atoms with Crippen LogP contribution in [0.3, 0.4) is 0 Å². The van der Waals surface area contributed by atoms with Gasteiger partial charge in [0.15, 0.2) is 0 Å². The molecular weight excluding hydrogens is 212 g/mol. The molecule has 0 aliphatic heterocycles. The standard InChI is InChI=1S/C14H20N2O/c1-10-9-14(17-4)12(3)11(2)13(10)5-7-16-8-6-15/h9,16H,5,7-8H2,1-4H3. The van der Waals surface area contributed by atoms with Crippen molar-refractivity contribution in [3.05, 3.63) is 28.3 Å². The lowest BCUT2D eigenvalue weighted by Gasteiger charge is -2.16. The van der Waals surface area contributed by atoms with E-state index < -0.39 is 0 Å². The van der Waals surface area contributed by atoms with E-state index in [9.17, 15) is 0 Å². The molecule has 0 amide bonds. The second kappa shape index (κ2) is 6.27. The molecule has 0 unspecified atom stereocenters. The predicted octanol–water partition coefficient (Wildman–Crippen LogP) is 2.28. The largest absolute Gasteiger partial charge is 0.496 e. The van der Waals surface area contributed by atoms with Crippen LogP contribution in [-0.2, 0) is 6.42 Å². The summed E-state index contributed by atoms with van der Waals surface area (Å²) < 4.78 is 5.35. The van der Waals surface area contributed by atoms with Crippen molar-refractivity contribution >= 4 is 0 Å². The van der Waals surface area contributed by atoms with Gasteiger partial charge >= 0.3 is 0 Å². The highest BCUT2D eigenvalue weighted by Gasteiger charge is 2.09. The van der Waals surface area contributed by atoms with E-state index in [-0.39, 0.29) is 0 Å².